The molecule has 0 aromatic carbocycles. The van der Waals surface area contributed by atoms with Crippen molar-refractivity contribution >= 4 is 35.2 Å². The smallest absolute Gasteiger partial charge is 0.272 e. The Balaban J connectivity index is 1.46. The Bertz CT molecular complexity index is 900. The summed E-state index contributed by atoms with van der Waals surface area (Å²) in [6.07, 6.45) is 4.98. The number of aromatic nitrogens is 4. The molecule has 0 unspecified atom stereocenters. The fourth-order valence-electron chi connectivity index (χ4n) is 3.65. The highest BCUT2D eigenvalue weighted by Gasteiger charge is 2.27. The number of nitrogen functional groups attached to an aromatic ring is 2. The molecule has 2 aromatic heterocycles. The molecule has 1 aliphatic heterocycles. The first-order chi connectivity index (χ1) is 14.2. The minimum absolute atomic E-state index is 0.0670. The van der Waals surface area contributed by atoms with Gasteiger partial charge in [0.25, 0.3) is 5.91 Å². The van der Waals surface area contributed by atoms with Crippen LogP contribution in [0.25, 0.3) is 0 Å². The summed E-state index contributed by atoms with van der Waals surface area (Å²) in [5.41, 5.74) is 12.5. The van der Waals surface area contributed by atoms with Crippen molar-refractivity contribution in [2.24, 2.45) is 13.0 Å². The van der Waals surface area contributed by atoms with Crippen LogP contribution < -0.4 is 16.8 Å². The van der Waals surface area contributed by atoms with Crippen LogP contribution in [0.2, 0.25) is 5.15 Å². The van der Waals surface area contributed by atoms with Crippen molar-refractivity contribution in [1.82, 2.24) is 30.0 Å². The summed E-state index contributed by atoms with van der Waals surface area (Å²) >= 11 is 6.13. The summed E-state index contributed by atoms with van der Waals surface area (Å²) in [5.74, 6) is 0.388. The number of amides is 2. The Hall–Kier alpha value is -2.88. The summed E-state index contributed by atoms with van der Waals surface area (Å²) in [7, 11) is 1.73. The Kier molecular flexibility index (Phi) is 6.76. The van der Waals surface area contributed by atoms with Crippen molar-refractivity contribution < 1.29 is 9.59 Å². The van der Waals surface area contributed by atoms with Gasteiger partial charge >= 0.3 is 0 Å². The fourth-order valence-corrected chi connectivity index (χ4v) is 3.93. The van der Waals surface area contributed by atoms with E-state index >= 15 is 0 Å². The SMILES string of the molecule is C[C@H](NC(=O)c1ccn(C)n1)C(=O)N1CCC(CCc2c(N)nc(N)nc2Cl)CC1. The summed E-state index contributed by atoms with van der Waals surface area (Å²) < 4.78 is 1.55. The number of nitrogens with one attached hydrogen (secondary N) is 1. The van der Waals surface area contributed by atoms with E-state index in [1.807, 2.05) is 0 Å². The van der Waals surface area contributed by atoms with Gasteiger partial charge in [0.15, 0.2) is 0 Å². The van der Waals surface area contributed by atoms with Crippen LogP contribution in [-0.2, 0) is 18.3 Å². The number of nitrogens with two attached hydrogens (primary N) is 2. The van der Waals surface area contributed by atoms with E-state index in [1.165, 1.54) is 0 Å². The molecular weight excluding hydrogens is 408 g/mol. The highest BCUT2D eigenvalue weighted by molar-refractivity contribution is 6.30. The third-order valence-electron chi connectivity index (χ3n) is 5.40. The van der Waals surface area contributed by atoms with Gasteiger partial charge in [-0.25, -0.2) is 4.98 Å². The standard InChI is InChI=1S/C19H27ClN8O2/c1-11(23-17(29)14-7-8-27(2)26-14)18(30)28-9-5-12(6-10-28)3-4-13-15(20)24-19(22)25-16(13)21/h7-8,11-12H,3-6,9-10H2,1-2H3,(H,23,29)(H4,21,22,24,25)/t11-/m0/s1. The van der Waals surface area contributed by atoms with Crippen LogP contribution in [0, 0.1) is 5.92 Å². The number of hydrogen-bond donors (Lipinski definition) is 3. The average Bonchev–Trinajstić information content (AvgIpc) is 3.13. The van der Waals surface area contributed by atoms with Gasteiger partial charge in [-0.05, 0) is 44.6 Å². The second kappa shape index (κ2) is 9.29. The van der Waals surface area contributed by atoms with Crippen molar-refractivity contribution in [3.8, 4) is 0 Å². The second-order valence-electron chi connectivity index (χ2n) is 7.61. The van der Waals surface area contributed by atoms with Crippen LogP contribution in [0.4, 0.5) is 11.8 Å². The molecule has 3 heterocycles. The summed E-state index contributed by atoms with van der Waals surface area (Å²) in [6.45, 7) is 2.99. The lowest BCUT2D eigenvalue weighted by Crippen LogP contribution is -2.49. The topological polar surface area (TPSA) is 145 Å². The van der Waals surface area contributed by atoms with E-state index < -0.39 is 6.04 Å². The van der Waals surface area contributed by atoms with E-state index in [-0.39, 0.29) is 17.8 Å². The van der Waals surface area contributed by atoms with Crippen molar-refractivity contribution in [1.29, 1.82) is 0 Å². The van der Waals surface area contributed by atoms with E-state index in [1.54, 1.807) is 35.8 Å². The normalized spacial score (nSPS) is 15.8. The van der Waals surface area contributed by atoms with Crippen molar-refractivity contribution in [2.45, 2.75) is 38.6 Å². The maximum Gasteiger partial charge on any atom is 0.272 e. The minimum atomic E-state index is -0.610. The summed E-state index contributed by atoms with van der Waals surface area (Å²) in [5, 5.41) is 7.07. The average molecular weight is 435 g/mol. The fraction of sp³-hybridized carbons (Fsp3) is 0.526. The van der Waals surface area contributed by atoms with Gasteiger partial charge in [-0.1, -0.05) is 11.6 Å². The molecule has 3 rings (SSSR count). The molecule has 1 saturated heterocycles. The Morgan fingerprint density at radius 3 is 2.60 bits per heavy atom. The second-order valence-corrected chi connectivity index (χ2v) is 7.97. The number of aryl methyl sites for hydroxylation is 1. The summed E-state index contributed by atoms with van der Waals surface area (Å²) in [6, 6.07) is 1.00. The zero-order chi connectivity index (χ0) is 21.8. The number of likely N-dealkylation sites (tertiary alicyclic amines) is 1. The first-order valence-corrected chi connectivity index (χ1v) is 10.3. The van der Waals surface area contributed by atoms with Crippen LogP contribution in [-0.4, -0.2) is 55.6 Å². The van der Waals surface area contributed by atoms with Gasteiger partial charge in [0.05, 0.1) is 0 Å². The molecule has 30 heavy (non-hydrogen) atoms. The number of carbonyl (C=O) groups excluding carboxylic acids is 2. The minimum Gasteiger partial charge on any atom is -0.383 e. The van der Waals surface area contributed by atoms with Gasteiger partial charge in [0, 0.05) is 31.9 Å². The number of carbonyl (C=O) groups is 2. The number of rotatable bonds is 6. The molecule has 2 aromatic rings. The lowest BCUT2D eigenvalue weighted by atomic mass is 9.90. The molecule has 1 aliphatic rings. The predicted octanol–water partition coefficient (Wildman–Crippen LogP) is 1.02. The highest BCUT2D eigenvalue weighted by Crippen LogP contribution is 2.27. The molecule has 10 nitrogen and oxygen atoms in total. The zero-order valence-electron chi connectivity index (χ0n) is 17.1. The molecule has 0 saturated carbocycles. The molecule has 5 N–H and O–H groups in total. The van der Waals surface area contributed by atoms with E-state index in [0.717, 1.165) is 24.8 Å². The number of nitrogens with zero attached hydrogens (tertiary/aromatic N) is 5. The van der Waals surface area contributed by atoms with Gasteiger partial charge in [0.1, 0.15) is 22.7 Å². The predicted molar refractivity (Wildman–Crippen MR) is 114 cm³/mol. The molecule has 2 amide bonds. The zero-order valence-corrected chi connectivity index (χ0v) is 17.9. The molecule has 1 fully saturated rings. The van der Waals surface area contributed by atoms with Gasteiger partial charge in [-0.3, -0.25) is 14.3 Å². The van der Waals surface area contributed by atoms with Crippen molar-refractivity contribution in [3.63, 3.8) is 0 Å². The summed E-state index contributed by atoms with van der Waals surface area (Å²) in [4.78, 5) is 34.6. The van der Waals surface area contributed by atoms with Gasteiger partial charge in [-0.15, -0.1) is 0 Å². The molecule has 0 spiro atoms. The molecule has 11 heteroatoms. The number of anilines is 2. The molecule has 1 atom stereocenters. The third-order valence-corrected chi connectivity index (χ3v) is 5.71. The Labute approximate surface area is 180 Å². The van der Waals surface area contributed by atoms with Crippen molar-refractivity contribution in [2.75, 3.05) is 24.6 Å². The lowest BCUT2D eigenvalue weighted by molar-refractivity contribution is -0.134. The lowest BCUT2D eigenvalue weighted by Gasteiger charge is -2.33. The maximum absolute atomic E-state index is 12.7. The molecule has 162 valence electrons. The highest BCUT2D eigenvalue weighted by atomic mass is 35.5. The molecule has 0 aliphatic carbocycles. The van der Waals surface area contributed by atoms with Crippen LogP contribution in [0.3, 0.4) is 0 Å². The monoisotopic (exact) mass is 434 g/mol. The number of piperidine rings is 1. The van der Waals surface area contributed by atoms with E-state index in [4.69, 9.17) is 23.1 Å². The first-order valence-electron chi connectivity index (χ1n) is 9.91. The third kappa shape index (κ3) is 5.18. The van der Waals surface area contributed by atoms with Gasteiger partial charge in [0.2, 0.25) is 11.9 Å². The Morgan fingerprint density at radius 1 is 1.30 bits per heavy atom. The first kappa shape index (κ1) is 21.8. The Morgan fingerprint density at radius 2 is 2.00 bits per heavy atom. The van der Waals surface area contributed by atoms with Crippen LogP contribution >= 0.6 is 11.6 Å². The van der Waals surface area contributed by atoms with E-state index in [0.29, 0.717) is 42.1 Å². The van der Waals surface area contributed by atoms with Crippen LogP contribution in [0.1, 0.15) is 42.2 Å². The number of halogens is 1. The quantitative estimate of drug-likeness (QED) is 0.575. The van der Waals surface area contributed by atoms with Crippen LogP contribution in [0.5, 0.6) is 0 Å². The van der Waals surface area contributed by atoms with E-state index in [9.17, 15) is 9.59 Å². The van der Waals surface area contributed by atoms with Gasteiger partial charge in [-0.2, -0.15) is 10.1 Å². The van der Waals surface area contributed by atoms with E-state index in [2.05, 4.69) is 20.4 Å². The van der Waals surface area contributed by atoms with Gasteiger partial charge < -0.3 is 21.7 Å². The molecule has 0 radical (unpaired) electrons. The molecular formula is C19H27ClN8O2. The number of hydrogen-bond acceptors (Lipinski definition) is 7. The largest absolute Gasteiger partial charge is 0.383 e. The van der Waals surface area contributed by atoms with Crippen molar-refractivity contribution in [3.05, 3.63) is 28.7 Å². The van der Waals surface area contributed by atoms with Crippen LogP contribution in [0.15, 0.2) is 12.3 Å². The molecule has 0 bridgehead atoms. The maximum atomic E-state index is 12.7.